The molecule has 2 N–H and O–H groups in total. The van der Waals surface area contributed by atoms with Crippen LogP contribution in [0.5, 0.6) is 0 Å². The molecule has 1 amide bonds. The summed E-state index contributed by atoms with van der Waals surface area (Å²) >= 11 is 0. The van der Waals surface area contributed by atoms with Gasteiger partial charge in [0.05, 0.1) is 6.54 Å². The lowest BCUT2D eigenvalue weighted by atomic mass is 9.99. The first kappa shape index (κ1) is 15.7. The zero-order chi connectivity index (χ0) is 16.4. The van der Waals surface area contributed by atoms with Gasteiger partial charge in [0, 0.05) is 12.8 Å². The minimum atomic E-state index is -1.36. The number of carbonyl (C=O) groups is 1. The highest BCUT2D eigenvalue weighted by molar-refractivity contribution is 5.98. The minimum absolute atomic E-state index is 0.0963. The van der Waals surface area contributed by atoms with Crippen molar-refractivity contribution >= 4 is 11.6 Å². The molecule has 2 aromatic rings. The highest BCUT2D eigenvalue weighted by Crippen LogP contribution is 2.26. The second kappa shape index (κ2) is 6.50. The van der Waals surface area contributed by atoms with Crippen molar-refractivity contribution in [3.63, 3.8) is 0 Å². The van der Waals surface area contributed by atoms with Crippen LogP contribution in [0.3, 0.4) is 0 Å². The van der Waals surface area contributed by atoms with Crippen LogP contribution in [0.15, 0.2) is 54.6 Å². The summed E-state index contributed by atoms with van der Waals surface area (Å²) in [5, 5.41) is 20.0. The molecule has 5 heteroatoms. The van der Waals surface area contributed by atoms with E-state index in [1.807, 2.05) is 54.6 Å². The van der Waals surface area contributed by atoms with Crippen molar-refractivity contribution in [1.82, 2.24) is 0 Å². The zero-order valence-corrected chi connectivity index (χ0v) is 12.8. The standard InChI is InChI=1S/C18H19NO4/c1-23-17-15(20)11-19(18(22)16(17)21)14-9-7-13(8-10-14)12-5-3-2-4-6-12/h2-10,15-17,20-21H,11H2,1H3/t15-,16+,17+/m0/s1. The number of aliphatic hydroxyl groups is 2. The number of amides is 1. The molecule has 0 aromatic heterocycles. The van der Waals surface area contributed by atoms with Gasteiger partial charge in [-0.1, -0.05) is 42.5 Å². The van der Waals surface area contributed by atoms with Crippen LogP contribution in [-0.4, -0.2) is 48.1 Å². The smallest absolute Gasteiger partial charge is 0.258 e. The monoisotopic (exact) mass is 313 g/mol. The van der Waals surface area contributed by atoms with Gasteiger partial charge in [0.15, 0.2) is 6.10 Å². The van der Waals surface area contributed by atoms with E-state index in [0.717, 1.165) is 11.1 Å². The fraction of sp³-hybridized carbons (Fsp3) is 0.278. The predicted molar refractivity (Wildman–Crippen MR) is 87.0 cm³/mol. The van der Waals surface area contributed by atoms with Crippen molar-refractivity contribution in [2.45, 2.75) is 18.3 Å². The Balaban J connectivity index is 1.83. The molecule has 3 rings (SSSR count). The predicted octanol–water partition coefficient (Wildman–Crippen LogP) is 1.44. The van der Waals surface area contributed by atoms with Crippen molar-refractivity contribution in [1.29, 1.82) is 0 Å². The van der Waals surface area contributed by atoms with Crippen molar-refractivity contribution < 1.29 is 19.7 Å². The van der Waals surface area contributed by atoms with E-state index in [4.69, 9.17) is 4.74 Å². The van der Waals surface area contributed by atoms with Gasteiger partial charge in [-0.05, 0) is 23.3 Å². The molecule has 5 nitrogen and oxygen atoms in total. The topological polar surface area (TPSA) is 70.0 Å². The number of β-amino-alcohol motifs (C(OH)–C–C–N with tert-alkyl or cyclic N) is 1. The van der Waals surface area contributed by atoms with E-state index in [1.54, 1.807) is 0 Å². The summed E-state index contributed by atoms with van der Waals surface area (Å²) in [4.78, 5) is 13.7. The second-order valence-corrected chi connectivity index (χ2v) is 5.57. The Hall–Kier alpha value is -2.21. The second-order valence-electron chi connectivity index (χ2n) is 5.57. The molecule has 2 aromatic carbocycles. The van der Waals surface area contributed by atoms with Gasteiger partial charge in [-0.3, -0.25) is 4.79 Å². The minimum Gasteiger partial charge on any atom is -0.388 e. The first-order valence-corrected chi connectivity index (χ1v) is 7.47. The van der Waals surface area contributed by atoms with Gasteiger partial charge in [0.1, 0.15) is 12.2 Å². The summed E-state index contributed by atoms with van der Waals surface area (Å²) in [5.41, 5.74) is 2.76. The van der Waals surface area contributed by atoms with Gasteiger partial charge in [0.2, 0.25) is 0 Å². The lowest BCUT2D eigenvalue weighted by molar-refractivity contribution is -0.147. The van der Waals surface area contributed by atoms with E-state index in [9.17, 15) is 15.0 Å². The number of aliphatic hydroxyl groups excluding tert-OH is 2. The highest BCUT2D eigenvalue weighted by Gasteiger charge is 2.41. The van der Waals surface area contributed by atoms with E-state index in [1.165, 1.54) is 12.0 Å². The molecular weight excluding hydrogens is 294 g/mol. The van der Waals surface area contributed by atoms with Gasteiger partial charge in [-0.25, -0.2) is 0 Å². The molecule has 23 heavy (non-hydrogen) atoms. The maximum atomic E-state index is 12.3. The van der Waals surface area contributed by atoms with Gasteiger partial charge in [0.25, 0.3) is 5.91 Å². The van der Waals surface area contributed by atoms with Gasteiger partial charge < -0.3 is 19.8 Å². The Morgan fingerprint density at radius 1 is 1.00 bits per heavy atom. The van der Waals surface area contributed by atoms with Crippen LogP contribution in [0, 0.1) is 0 Å². The lowest BCUT2D eigenvalue weighted by Gasteiger charge is -2.38. The molecule has 0 radical (unpaired) electrons. The molecule has 0 bridgehead atoms. The van der Waals surface area contributed by atoms with Crippen molar-refractivity contribution in [2.75, 3.05) is 18.6 Å². The Kier molecular flexibility index (Phi) is 4.43. The number of benzene rings is 2. The fourth-order valence-electron chi connectivity index (χ4n) is 2.87. The van der Waals surface area contributed by atoms with E-state index < -0.39 is 24.2 Å². The molecule has 1 fully saturated rings. The number of piperidine rings is 1. The van der Waals surface area contributed by atoms with Crippen LogP contribution in [-0.2, 0) is 9.53 Å². The summed E-state index contributed by atoms with van der Waals surface area (Å²) in [5.74, 6) is -0.463. The number of nitrogens with zero attached hydrogens (tertiary/aromatic N) is 1. The third-order valence-corrected chi connectivity index (χ3v) is 4.14. The average Bonchev–Trinajstić information content (AvgIpc) is 2.59. The maximum absolute atomic E-state index is 12.3. The van der Waals surface area contributed by atoms with Crippen LogP contribution in [0.1, 0.15) is 0 Å². The van der Waals surface area contributed by atoms with Crippen molar-refractivity contribution in [3.8, 4) is 11.1 Å². The molecule has 120 valence electrons. The van der Waals surface area contributed by atoms with Crippen LogP contribution in [0.2, 0.25) is 0 Å². The largest absolute Gasteiger partial charge is 0.388 e. The number of rotatable bonds is 3. The Morgan fingerprint density at radius 2 is 1.61 bits per heavy atom. The van der Waals surface area contributed by atoms with Crippen molar-refractivity contribution in [3.05, 3.63) is 54.6 Å². The molecule has 1 aliphatic rings. The molecule has 0 aliphatic carbocycles. The van der Waals surface area contributed by atoms with E-state index in [-0.39, 0.29) is 6.54 Å². The first-order valence-electron chi connectivity index (χ1n) is 7.47. The third-order valence-electron chi connectivity index (χ3n) is 4.14. The Bertz CT molecular complexity index is 671. The van der Waals surface area contributed by atoms with Gasteiger partial charge in [-0.15, -0.1) is 0 Å². The van der Waals surface area contributed by atoms with E-state index >= 15 is 0 Å². The lowest BCUT2D eigenvalue weighted by Crippen LogP contribution is -2.59. The molecular formula is C18H19NO4. The first-order chi connectivity index (χ1) is 11.1. The Morgan fingerprint density at radius 3 is 2.22 bits per heavy atom. The maximum Gasteiger partial charge on any atom is 0.258 e. The van der Waals surface area contributed by atoms with E-state index in [2.05, 4.69) is 0 Å². The quantitative estimate of drug-likeness (QED) is 0.899. The summed E-state index contributed by atoms with van der Waals surface area (Å²) < 4.78 is 5.00. The molecule has 1 heterocycles. The summed E-state index contributed by atoms with van der Waals surface area (Å²) in [6, 6.07) is 17.4. The molecule has 0 unspecified atom stereocenters. The summed E-state index contributed by atoms with van der Waals surface area (Å²) in [7, 11) is 1.37. The fourth-order valence-corrected chi connectivity index (χ4v) is 2.87. The number of anilines is 1. The summed E-state index contributed by atoms with van der Waals surface area (Å²) in [6.07, 6.45) is -3.18. The average molecular weight is 313 g/mol. The number of methoxy groups -OCH3 is 1. The van der Waals surface area contributed by atoms with Gasteiger partial charge >= 0.3 is 0 Å². The number of carbonyl (C=O) groups excluding carboxylic acids is 1. The summed E-state index contributed by atoms with van der Waals surface area (Å²) in [6.45, 7) is 0.0963. The van der Waals surface area contributed by atoms with Crippen molar-refractivity contribution in [2.24, 2.45) is 0 Å². The van der Waals surface area contributed by atoms with Crippen LogP contribution in [0.25, 0.3) is 11.1 Å². The molecule has 0 saturated carbocycles. The Labute approximate surface area is 134 Å². The molecule has 1 saturated heterocycles. The zero-order valence-electron chi connectivity index (χ0n) is 12.8. The van der Waals surface area contributed by atoms with Crippen LogP contribution >= 0.6 is 0 Å². The number of hydrogen-bond donors (Lipinski definition) is 2. The third kappa shape index (κ3) is 2.99. The van der Waals surface area contributed by atoms with Crippen LogP contribution in [0.4, 0.5) is 5.69 Å². The molecule has 0 spiro atoms. The number of ether oxygens (including phenoxy) is 1. The normalized spacial score (nSPS) is 24.7. The highest BCUT2D eigenvalue weighted by atomic mass is 16.5. The SMILES string of the molecule is CO[C@@H]1[C@@H](O)CN(c2ccc(-c3ccccc3)cc2)C(=O)[C@@H]1O. The molecule has 1 aliphatic heterocycles. The van der Waals surface area contributed by atoms with Crippen LogP contribution < -0.4 is 4.90 Å². The number of hydrogen-bond acceptors (Lipinski definition) is 4. The molecule has 3 atom stereocenters. The van der Waals surface area contributed by atoms with Gasteiger partial charge in [-0.2, -0.15) is 0 Å². The van der Waals surface area contributed by atoms with E-state index in [0.29, 0.717) is 5.69 Å².